The Kier molecular flexibility index (Phi) is 8.27. The zero-order valence-corrected chi connectivity index (χ0v) is 11.5. The first kappa shape index (κ1) is 15.3. The van der Waals surface area contributed by atoms with Crippen LogP contribution >= 0.6 is 0 Å². The fraction of sp³-hybridized carbons (Fsp3) is 0.533. The van der Waals surface area contributed by atoms with Crippen molar-refractivity contribution in [2.75, 3.05) is 19.8 Å². The predicted octanol–water partition coefficient (Wildman–Crippen LogP) is 3.80. The van der Waals surface area contributed by atoms with Crippen LogP contribution in [-0.2, 0) is 9.47 Å². The molecule has 0 amide bonds. The summed E-state index contributed by atoms with van der Waals surface area (Å²) in [6.07, 6.45) is 3.70. The molecular weight excluding hydrogens is 244 g/mol. The number of unbranched alkanes of at least 4 members (excludes halogenated alkanes) is 3. The Morgan fingerprint density at radius 2 is 1.68 bits per heavy atom. The average molecular weight is 266 g/mol. The average Bonchev–Trinajstić information content (AvgIpc) is 2.44. The maximum absolute atomic E-state index is 11.2. The molecule has 0 saturated carbocycles. The number of ether oxygens (including phenoxy) is 3. The molecule has 106 valence electrons. The van der Waals surface area contributed by atoms with Crippen molar-refractivity contribution in [2.45, 2.75) is 32.6 Å². The van der Waals surface area contributed by atoms with Gasteiger partial charge in [-0.05, 0) is 18.6 Å². The van der Waals surface area contributed by atoms with Crippen molar-refractivity contribution in [3.8, 4) is 5.75 Å². The molecule has 19 heavy (non-hydrogen) atoms. The van der Waals surface area contributed by atoms with E-state index in [-0.39, 0.29) is 6.61 Å². The van der Waals surface area contributed by atoms with Gasteiger partial charge in [0.1, 0.15) is 19.0 Å². The van der Waals surface area contributed by atoms with Crippen LogP contribution in [0.1, 0.15) is 32.6 Å². The molecule has 0 aromatic heterocycles. The summed E-state index contributed by atoms with van der Waals surface area (Å²) in [5.74, 6) is 0.763. The van der Waals surface area contributed by atoms with Crippen LogP contribution < -0.4 is 4.74 Å². The van der Waals surface area contributed by atoms with Crippen LogP contribution in [0.25, 0.3) is 0 Å². The number of rotatable bonds is 9. The molecule has 0 aliphatic heterocycles. The van der Waals surface area contributed by atoms with E-state index in [9.17, 15) is 4.79 Å². The number of hydrogen-bond acceptors (Lipinski definition) is 4. The van der Waals surface area contributed by atoms with Gasteiger partial charge >= 0.3 is 6.16 Å². The summed E-state index contributed by atoms with van der Waals surface area (Å²) in [6, 6.07) is 9.40. The van der Waals surface area contributed by atoms with E-state index in [0.29, 0.717) is 13.2 Å². The second-order valence-electron chi connectivity index (χ2n) is 4.17. The third kappa shape index (κ3) is 8.08. The number of hydrogen-bond donors (Lipinski definition) is 0. The van der Waals surface area contributed by atoms with Gasteiger partial charge in [-0.3, -0.25) is 0 Å². The molecule has 1 aromatic carbocycles. The molecule has 4 nitrogen and oxygen atoms in total. The highest BCUT2D eigenvalue weighted by molar-refractivity contribution is 5.59. The van der Waals surface area contributed by atoms with E-state index < -0.39 is 6.16 Å². The highest BCUT2D eigenvalue weighted by Crippen LogP contribution is 2.07. The molecule has 0 aliphatic carbocycles. The number of carbonyl (C=O) groups excluding carboxylic acids is 1. The summed E-state index contributed by atoms with van der Waals surface area (Å²) in [6.45, 7) is 3.10. The first-order chi connectivity index (χ1) is 9.33. The maximum Gasteiger partial charge on any atom is 0.508 e. The minimum absolute atomic E-state index is 0.197. The molecule has 0 spiro atoms. The van der Waals surface area contributed by atoms with Crippen molar-refractivity contribution in [3.05, 3.63) is 30.3 Å². The molecule has 0 heterocycles. The third-order valence-electron chi connectivity index (χ3n) is 2.53. The van der Waals surface area contributed by atoms with Gasteiger partial charge in [0.25, 0.3) is 0 Å². The van der Waals surface area contributed by atoms with Gasteiger partial charge in [-0.2, -0.15) is 0 Å². The van der Waals surface area contributed by atoms with E-state index >= 15 is 0 Å². The number of para-hydroxylation sites is 1. The molecule has 0 saturated heterocycles. The highest BCUT2D eigenvalue weighted by Gasteiger charge is 2.03. The van der Waals surface area contributed by atoms with E-state index in [4.69, 9.17) is 14.2 Å². The minimum atomic E-state index is -0.617. The summed E-state index contributed by atoms with van der Waals surface area (Å²) in [4.78, 5) is 11.2. The minimum Gasteiger partial charge on any atom is -0.490 e. The van der Waals surface area contributed by atoms with Crippen molar-refractivity contribution in [2.24, 2.45) is 0 Å². The molecular formula is C15H22O4. The standard InChI is InChI=1S/C15H22O4/c1-2-3-4-8-11-18-15(16)19-13-12-17-14-9-6-5-7-10-14/h5-7,9-10H,2-4,8,11-13H2,1H3. The number of carbonyl (C=O) groups is 1. The van der Waals surface area contributed by atoms with Crippen LogP contribution in [0.2, 0.25) is 0 Å². The quantitative estimate of drug-likeness (QED) is 0.504. The highest BCUT2D eigenvalue weighted by atomic mass is 16.7. The van der Waals surface area contributed by atoms with Crippen LogP contribution in [0.4, 0.5) is 4.79 Å². The second kappa shape index (κ2) is 10.2. The van der Waals surface area contributed by atoms with Gasteiger partial charge in [-0.1, -0.05) is 44.4 Å². The lowest BCUT2D eigenvalue weighted by Gasteiger charge is -2.07. The van der Waals surface area contributed by atoms with Gasteiger partial charge in [0, 0.05) is 0 Å². The van der Waals surface area contributed by atoms with Crippen molar-refractivity contribution in [1.82, 2.24) is 0 Å². The second-order valence-corrected chi connectivity index (χ2v) is 4.17. The molecule has 0 bridgehead atoms. The van der Waals surface area contributed by atoms with E-state index in [0.717, 1.165) is 18.6 Å². The summed E-state index contributed by atoms with van der Waals surface area (Å²) in [5, 5.41) is 0. The first-order valence-corrected chi connectivity index (χ1v) is 6.80. The monoisotopic (exact) mass is 266 g/mol. The zero-order valence-electron chi connectivity index (χ0n) is 11.5. The molecule has 0 radical (unpaired) electrons. The molecule has 1 rings (SSSR count). The van der Waals surface area contributed by atoms with E-state index in [2.05, 4.69) is 6.92 Å². The molecule has 0 atom stereocenters. The molecule has 1 aromatic rings. The summed E-state index contributed by atoms with van der Waals surface area (Å²) >= 11 is 0. The fourth-order valence-corrected chi connectivity index (χ4v) is 1.53. The normalized spacial score (nSPS) is 9.95. The molecule has 0 aliphatic rings. The molecule has 0 N–H and O–H groups in total. The maximum atomic E-state index is 11.2. The SMILES string of the molecule is CCCCCCOC(=O)OCCOc1ccccc1. The van der Waals surface area contributed by atoms with Gasteiger partial charge in [-0.25, -0.2) is 4.79 Å². The Bertz CT molecular complexity index is 337. The Morgan fingerprint density at radius 1 is 0.947 bits per heavy atom. The van der Waals surface area contributed by atoms with E-state index in [1.807, 2.05) is 30.3 Å². The van der Waals surface area contributed by atoms with E-state index in [1.54, 1.807) is 0 Å². The van der Waals surface area contributed by atoms with Crippen LogP contribution in [0, 0.1) is 0 Å². The third-order valence-corrected chi connectivity index (χ3v) is 2.53. The summed E-state index contributed by atoms with van der Waals surface area (Å²) in [5.41, 5.74) is 0. The van der Waals surface area contributed by atoms with Crippen LogP contribution in [-0.4, -0.2) is 26.0 Å². The van der Waals surface area contributed by atoms with Crippen molar-refractivity contribution < 1.29 is 19.0 Å². The van der Waals surface area contributed by atoms with Gasteiger partial charge < -0.3 is 14.2 Å². The smallest absolute Gasteiger partial charge is 0.490 e. The lowest BCUT2D eigenvalue weighted by Crippen LogP contribution is -2.14. The van der Waals surface area contributed by atoms with Gasteiger partial charge in [0.15, 0.2) is 0 Å². The molecule has 0 fully saturated rings. The summed E-state index contributed by atoms with van der Waals surface area (Å²) < 4.78 is 15.2. The lowest BCUT2D eigenvalue weighted by atomic mass is 10.2. The Morgan fingerprint density at radius 3 is 2.42 bits per heavy atom. The number of benzene rings is 1. The van der Waals surface area contributed by atoms with Crippen LogP contribution in [0.5, 0.6) is 5.75 Å². The van der Waals surface area contributed by atoms with Crippen LogP contribution in [0.15, 0.2) is 30.3 Å². The van der Waals surface area contributed by atoms with Crippen LogP contribution in [0.3, 0.4) is 0 Å². The fourth-order valence-electron chi connectivity index (χ4n) is 1.53. The van der Waals surface area contributed by atoms with Crippen molar-refractivity contribution in [1.29, 1.82) is 0 Å². The van der Waals surface area contributed by atoms with Gasteiger partial charge in [-0.15, -0.1) is 0 Å². The Labute approximate surface area is 114 Å². The zero-order chi connectivity index (χ0) is 13.8. The predicted molar refractivity (Wildman–Crippen MR) is 73.4 cm³/mol. The van der Waals surface area contributed by atoms with Gasteiger partial charge in [0.05, 0.1) is 6.61 Å². The van der Waals surface area contributed by atoms with Crippen molar-refractivity contribution >= 4 is 6.16 Å². The largest absolute Gasteiger partial charge is 0.508 e. The topological polar surface area (TPSA) is 44.8 Å². The van der Waals surface area contributed by atoms with Crippen molar-refractivity contribution in [3.63, 3.8) is 0 Å². The molecule has 4 heteroatoms. The summed E-state index contributed by atoms with van der Waals surface area (Å²) in [7, 11) is 0. The van der Waals surface area contributed by atoms with E-state index in [1.165, 1.54) is 12.8 Å². The first-order valence-electron chi connectivity index (χ1n) is 6.80. The molecule has 0 unspecified atom stereocenters. The Hall–Kier alpha value is -1.71. The van der Waals surface area contributed by atoms with Gasteiger partial charge in [0.2, 0.25) is 0 Å². The Balaban J connectivity index is 1.95. The lowest BCUT2D eigenvalue weighted by molar-refractivity contribution is 0.0451.